The summed E-state index contributed by atoms with van der Waals surface area (Å²) in [5, 5.41) is 4.65. The average Bonchev–Trinajstić information content (AvgIpc) is 2.99. The molecule has 4 N–H and O–H groups in total. The van der Waals surface area contributed by atoms with Crippen molar-refractivity contribution < 1.29 is 9.53 Å². The minimum absolute atomic E-state index is 0.0289. The van der Waals surface area contributed by atoms with Crippen LogP contribution in [0.1, 0.15) is 48.9 Å². The maximum Gasteiger partial charge on any atom is 0.248 e. The van der Waals surface area contributed by atoms with Gasteiger partial charge in [0.05, 0.1) is 16.9 Å². The largest absolute Gasteiger partial charge is 0.491 e. The summed E-state index contributed by atoms with van der Waals surface area (Å²) < 4.78 is 7.68. The van der Waals surface area contributed by atoms with Crippen molar-refractivity contribution in [3.63, 3.8) is 0 Å². The zero-order valence-corrected chi connectivity index (χ0v) is 16.4. The van der Waals surface area contributed by atoms with Crippen LogP contribution in [-0.2, 0) is 7.05 Å². The maximum atomic E-state index is 11.6. The van der Waals surface area contributed by atoms with Crippen LogP contribution in [0.3, 0.4) is 0 Å². The number of aryl methyl sites for hydroxylation is 1. The minimum atomic E-state index is -0.505. The van der Waals surface area contributed by atoms with Gasteiger partial charge < -0.3 is 16.2 Å². The van der Waals surface area contributed by atoms with E-state index in [9.17, 15) is 4.79 Å². The number of rotatable bonds is 7. The van der Waals surface area contributed by atoms with E-state index in [1.54, 1.807) is 36.1 Å². The van der Waals surface area contributed by atoms with Crippen molar-refractivity contribution in [1.82, 2.24) is 9.78 Å². The highest BCUT2D eigenvalue weighted by atomic mass is 35.5. The summed E-state index contributed by atoms with van der Waals surface area (Å²) in [7, 11) is 1.79. The van der Waals surface area contributed by atoms with E-state index < -0.39 is 5.91 Å². The van der Waals surface area contributed by atoms with Gasteiger partial charge in [-0.25, -0.2) is 0 Å². The van der Waals surface area contributed by atoms with Crippen molar-refractivity contribution in [1.29, 1.82) is 0 Å². The molecule has 1 aliphatic rings. The highest BCUT2D eigenvalue weighted by Crippen LogP contribution is 2.35. The van der Waals surface area contributed by atoms with E-state index in [-0.39, 0.29) is 6.04 Å². The van der Waals surface area contributed by atoms with Gasteiger partial charge in [0.25, 0.3) is 0 Å². The molecule has 7 heteroatoms. The van der Waals surface area contributed by atoms with Crippen LogP contribution >= 0.6 is 11.6 Å². The van der Waals surface area contributed by atoms with Crippen LogP contribution in [0.4, 0.5) is 0 Å². The molecule has 0 spiro atoms. The summed E-state index contributed by atoms with van der Waals surface area (Å²) in [6, 6.07) is 5.05. The number of carbonyl (C=O) groups is 1. The van der Waals surface area contributed by atoms with E-state index in [1.807, 2.05) is 0 Å². The molecule has 1 amide bonds. The predicted octanol–water partition coefficient (Wildman–Crippen LogP) is 3.52. The molecule has 27 heavy (non-hydrogen) atoms. The summed E-state index contributed by atoms with van der Waals surface area (Å²) in [4.78, 5) is 11.6. The van der Waals surface area contributed by atoms with Gasteiger partial charge in [-0.1, -0.05) is 43.7 Å². The first-order valence-corrected chi connectivity index (χ1v) is 9.83. The molecule has 3 rings (SSSR count). The number of amides is 1. The second-order valence-electron chi connectivity index (χ2n) is 7.35. The van der Waals surface area contributed by atoms with Gasteiger partial charge in [0.15, 0.2) is 0 Å². The zero-order valence-electron chi connectivity index (χ0n) is 15.7. The zero-order chi connectivity index (χ0) is 19.4. The molecule has 1 heterocycles. The van der Waals surface area contributed by atoms with Crippen molar-refractivity contribution in [2.75, 3.05) is 6.61 Å². The minimum Gasteiger partial charge on any atom is -0.491 e. The summed E-state index contributed by atoms with van der Waals surface area (Å²) in [5.74, 6) is 0.806. The first-order valence-electron chi connectivity index (χ1n) is 9.45. The fourth-order valence-electron chi connectivity index (χ4n) is 3.82. The lowest BCUT2D eigenvalue weighted by Crippen LogP contribution is -2.31. The SMILES string of the molecule is Cn1ncc(Cl)c1-c1cc(C(N)=O)ccc1OC[C@@H](N)CC1CCCCC1. The van der Waals surface area contributed by atoms with Crippen LogP contribution in [0.25, 0.3) is 11.3 Å². The van der Waals surface area contributed by atoms with E-state index >= 15 is 0 Å². The Balaban J connectivity index is 1.77. The number of benzene rings is 1. The molecule has 0 aliphatic heterocycles. The lowest BCUT2D eigenvalue weighted by molar-refractivity contribution is 0.100. The Morgan fingerprint density at radius 3 is 2.74 bits per heavy atom. The number of nitrogens with zero attached hydrogens (tertiary/aromatic N) is 2. The van der Waals surface area contributed by atoms with Gasteiger partial charge in [-0.15, -0.1) is 0 Å². The molecule has 1 saturated carbocycles. The number of hydrogen-bond donors (Lipinski definition) is 2. The molecular formula is C20H27ClN4O2. The van der Waals surface area contributed by atoms with Crippen LogP contribution in [0.15, 0.2) is 24.4 Å². The van der Waals surface area contributed by atoms with Crippen molar-refractivity contribution in [2.45, 2.75) is 44.6 Å². The van der Waals surface area contributed by atoms with E-state index in [4.69, 9.17) is 27.8 Å². The summed E-state index contributed by atoms with van der Waals surface area (Å²) in [5.41, 5.74) is 13.5. The molecule has 6 nitrogen and oxygen atoms in total. The van der Waals surface area contributed by atoms with Crippen molar-refractivity contribution in [3.05, 3.63) is 35.0 Å². The number of halogens is 1. The topological polar surface area (TPSA) is 96.2 Å². The highest BCUT2D eigenvalue weighted by Gasteiger charge is 2.20. The first-order chi connectivity index (χ1) is 13.0. The molecule has 0 bridgehead atoms. The van der Waals surface area contributed by atoms with Crippen molar-refractivity contribution >= 4 is 17.5 Å². The van der Waals surface area contributed by atoms with Crippen LogP contribution in [0.2, 0.25) is 5.02 Å². The van der Waals surface area contributed by atoms with Gasteiger partial charge in [0.2, 0.25) is 5.91 Å². The fourth-order valence-corrected chi connectivity index (χ4v) is 4.09. The molecule has 1 aliphatic carbocycles. The molecule has 1 aromatic carbocycles. The van der Waals surface area contributed by atoms with Crippen molar-refractivity contribution in [3.8, 4) is 17.0 Å². The second kappa shape index (κ2) is 8.76. The molecule has 0 saturated heterocycles. The van der Waals surface area contributed by atoms with Crippen molar-refractivity contribution in [2.24, 2.45) is 24.4 Å². The molecular weight excluding hydrogens is 364 g/mol. The Labute approximate surface area is 164 Å². The van der Waals surface area contributed by atoms with Crippen LogP contribution in [0.5, 0.6) is 5.75 Å². The first kappa shape index (κ1) is 19.7. The molecule has 0 unspecified atom stereocenters. The van der Waals surface area contributed by atoms with Gasteiger partial charge in [-0.2, -0.15) is 5.10 Å². The Morgan fingerprint density at radius 2 is 2.11 bits per heavy atom. The third kappa shape index (κ3) is 4.82. The van der Waals surface area contributed by atoms with Gasteiger partial charge in [0.1, 0.15) is 12.4 Å². The molecule has 1 fully saturated rings. The van der Waals surface area contributed by atoms with Gasteiger partial charge >= 0.3 is 0 Å². The Hall–Kier alpha value is -2.05. The second-order valence-corrected chi connectivity index (χ2v) is 7.76. The smallest absolute Gasteiger partial charge is 0.248 e. The lowest BCUT2D eigenvalue weighted by atomic mass is 9.85. The molecule has 1 atom stereocenters. The van der Waals surface area contributed by atoms with Crippen LogP contribution in [-0.4, -0.2) is 28.3 Å². The number of aromatic nitrogens is 2. The normalized spacial score (nSPS) is 16.3. The Kier molecular flexibility index (Phi) is 6.39. The number of hydrogen-bond acceptors (Lipinski definition) is 4. The lowest BCUT2D eigenvalue weighted by Gasteiger charge is -2.25. The predicted molar refractivity (Wildman–Crippen MR) is 107 cm³/mol. The summed E-state index contributed by atoms with van der Waals surface area (Å²) in [6.45, 7) is 0.412. The van der Waals surface area contributed by atoms with Crippen LogP contribution in [0, 0.1) is 5.92 Å². The molecule has 2 aromatic rings. The molecule has 0 radical (unpaired) electrons. The number of carbonyl (C=O) groups excluding carboxylic acids is 1. The number of nitrogens with two attached hydrogens (primary N) is 2. The highest BCUT2D eigenvalue weighted by molar-refractivity contribution is 6.33. The summed E-state index contributed by atoms with van der Waals surface area (Å²) in [6.07, 6.45) is 9.00. The standard InChI is InChI=1S/C20H27ClN4O2/c1-25-19(17(21)11-24-25)16-10-14(20(23)26)7-8-18(16)27-12-15(22)9-13-5-3-2-4-6-13/h7-8,10-11,13,15H,2-6,9,12,22H2,1H3,(H2,23,26)/t15-/m0/s1. The fraction of sp³-hybridized carbons (Fsp3) is 0.500. The third-order valence-electron chi connectivity index (χ3n) is 5.23. The average molecular weight is 391 g/mol. The Bertz CT molecular complexity index is 780. The van der Waals surface area contributed by atoms with E-state index in [1.165, 1.54) is 32.1 Å². The monoisotopic (exact) mass is 390 g/mol. The van der Waals surface area contributed by atoms with E-state index in [0.717, 1.165) is 6.42 Å². The maximum absolute atomic E-state index is 11.6. The Morgan fingerprint density at radius 1 is 1.37 bits per heavy atom. The molecule has 1 aromatic heterocycles. The van der Waals surface area contributed by atoms with Gasteiger partial charge in [0, 0.05) is 24.2 Å². The molecule has 146 valence electrons. The third-order valence-corrected chi connectivity index (χ3v) is 5.50. The van der Waals surface area contributed by atoms with Gasteiger partial charge in [-0.3, -0.25) is 9.48 Å². The quantitative estimate of drug-likeness (QED) is 0.755. The summed E-state index contributed by atoms with van der Waals surface area (Å²) >= 11 is 6.30. The number of ether oxygens (including phenoxy) is 1. The van der Waals surface area contributed by atoms with Gasteiger partial charge in [-0.05, 0) is 30.5 Å². The number of primary amides is 1. The van der Waals surface area contributed by atoms with Crippen LogP contribution < -0.4 is 16.2 Å². The van der Waals surface area contributed by atoms with E-state index in [2.05, 4.69) is 5.10 Å². The van der Waals surface area contributed by atoms with E-state index in [0.29, 0.717) is 40.1 Å².